The molecule has 1 aromatic heterocycles. The average Bonchev–Trinajstić information content (AvgIpc) is 2.66. The number of rotatable bonds is 7. The third-order valence-corrected chi connectivity index (χ3v) is 6.47. The summed E-state index contributed by atoms with van der Waals surface area (Å²) in [5.41, 5.74) is -0.324. The zero-order chi connectivity index (χ0) is 21.7. The molecule has 1 aliphatic heterocycles. The zero-order valence-corrected chi connectivity index (χ0v) is 18.7. The van der Waals surface area contributed by atoms with E-state index in [-0.39, 0.29) is 44.0 Å². The van der Waals surface area contributed by atoms with Crippen molar-refractivity contribution in [2.75, 3.05) is 50.0 Å². The number of anilines is 1. The van der Waals surface area contributed by atoms with Gasteiger partial charge in [0.15, 0.2) is 11.4 Å². The highest BCUT2D eigenvalue weighted by Crippen LogP contribution is 2.16. The van der Waals surface area contributed by atoms with Crippen molar-refractivity contribution in [2.45, 2.75) is 31.5 Å². The predicted molar refractivity (Wildman–Crippen MR) is 111 cm³/mol. The largest absolute Gasteiger partial charge is 0.444 e. The van der Waals surface area contributed by atoms with E-state index in [0.29, 0.717) is 17.3 Å². The lowest BCUT2D eigenvalue weighted by atomic mass is 10.2. The Morgan fingerprint density at radius 2 is 1.97 bits per heavy atom. The zero-order valence-electron chi connectivity index (χ0n) is 17.0. The number of carbonyl (C=O) groups is 2. The quantitative estimate of drug-likeness (QED) is 0.376. The normalized spacial score (nSPS) is 15.8. The van der Waals surface area contributed by atoms with Gasteiger partial charge in [-0.05, 0) is 27.0 Å². The summed E-state index contributed by atoms with van der Waals surface area (Å²) in [6.07, 6.45) is 3.39. The van der Waals surface area contributed by atoms with Gasteiger partial charge >= 0.3 is 6.09 Å². The molecule has 1 aliphatic rings. The highest BCUT2D eigenvalue weighted by Gasteiger charge is 2.30. The van der Waals surface area contributed by atoms with Gasteiger partial charge in [0.25, 0.3) is 0 Å². The standard InChI is InChI=1S/C17H27N5O5S2/c1-17(2,3)27-16(24)21-6-8-22(9-7-21)29(25,26)10-5-18-14-13(12-23)11-19-15(20-14)28-4/h11-12H,5-10H2,1-4H3,(H,18,19,20). The van der Waals surface area contributed by atoms with E-state index in [9.17, 15) is 18.0 Å². The van der Waals surface area contributed by atoms with Crippen LogP contribution in [0.15, 0.2) is 11.4 Å². The number of amides is 1. The monoisotopic (exact) mass is 445 g/mol. The van der Waals surface area contributed by atoms with E-state index in [2.05, 4.69) is 15.3 Å². The van der Waals surface area contributed by atoms with Crippen molar-refractivity contribution in [3.63, 3.8) is 0 Å². The molecule has 10 nitrogen and oxygen atoms in total. The Labute approximate surface area is 175 Å². The van der Waals surface area contributed by atoms with Crippen LogP contribution in [-0.2, 0) is 14.8 Å². The number of nitrogens with one attached hydrogen (secondary N) is 1. The second-order valence-corrected chi connectivity index (χ2v) is 10.2. The summed E-state index contributed by atoms with van der Waals surface area (Å²) in [6, 6.07) is 0. The number of aldehydes is 1. The van der Waals surface area contributed by atoms with Gasteiger partial charge < -0.3 is 15.0 Å². The van der Waals surface area contributed by atoms with Gasteiger partial charge in [-0.2, -0.15) is 4.31 Å². The molecule has 0 atom stereocenters. The van der Waals surface area contributed by atoms with Crippen LogP contribution in [0.2, 0.25) is 0 Å². The van der Waals surface area contributed by atoms with Crippen molar-refractivity contribution >= 4 is 40.0 Å². The third kappa shape index (κ3) is 6.82. The third-order valence-electron chi connectivity index (χ3n) is 4.04. The molecule has 29 heavy (non-hydrogen) atoms. The lowest BCUT2D eigenvalue weighted by Gasteiger charge is -2.35. The second kappa shape index (κ2) is 9.72. The number of nitrogens with zero attached hydrogens (tertiary/aromatic N) is 4. The number of piperazine rings is 1. The van der Waals surface area contributed by atoms with Crippen molar-refractivity contribution in [3.05, 3.63) is 11.8 Å². The van der Waals surface area contributed by atoms with Crippen LogP contribution in [0, 0.1) is 0 Å². The Balaban J connectivity index is 1.88. The number of carbonyl (C=O) groups excluding carboxylic acids is 2. The van der Waals surface area contributed by atoms with Gasteiger partial charge in [-0.1, -0.05) is 11.8 Å². The summed E-state index contributed by atoms with van der Waals surface area (Å²) >= 11 is 1.32. The average molecular weight is 446 g/mol. The molecular formula is C17H27N5O5S2. The molecule has 0 unspecified atom stereocenters. The Hall–Kier alpha value is -1.92. The topological polar surface area (TPSA) is 122 Å². The number of sulfonamides is 1. The molecule has 0 bridgehead atoms. The van der Waals surface area contributed by atoms with Crippen LogP contribution in [0.5, 0.6) is 0 Å². The lowest BCUT2D eigenvalue weighted by molar-refractivity contribution is 0.0192. The van der Waals surface area contributed by atoms with Crippen molar-refractivity contribution in [3.8, 4) is 0 Å². The summed E-state index contributed by atoms with van der Waals surface area (Å²) in [7, 11) is -3.52. The van der Waals surface area contributed by atoms with E-state index in [1.165, 1.54) is 27.2 Å². The van der Waals surface area contributed by atoms with Crippen molar-refractivity contribution in [2.24, 2.45) is 0 Å². The SMILES string of the molecule is CSc1ncc(C=O)c(NCCS(=O)(=O)N2CCN(C(=O)OC(C)(C)C)CC2)n1. The lowest BCUT2D eigenvalue weighted by Crippen LogP contribution is -2.52. The summed E-state index contributed by atoms with van der Waals surface area (Å²) in [6.45, 7) is 6.44. The van der Waals surface area contributed by atoms with Gasteiger partial charge in [-0.25, -0.2) is 23.2 Å². The maximum Gasteiger partial charge on any atom is 0.410 e. The molecule has 0 spiro atoms. The number of thioether (sulfide) groups is 1. The molecule has 0 aromatic carbocycles. The van der Waals surface area contributed by atoms with Crippen LogP contribution in [-0.4, -0.2) is 90.3 Å². The summed E-state index contributed by atoms with van der Waals surface area (Å²) < 4.78 is 31.9. The van der Waals surface area contributed by atoms with E-state index in [1.54, 1.807) is 27.0 Å². The van der Waals surface area contributed by atoms with Gasteiger partial charge in [-0.15, -0.1) is 0 Å². The molecule has 0 aliphatic carbocycles. The number of ether oxygens (including phenoxy) is 1. The molecule has 1 amide bonds. The Morgan fingerprint density at radius 1 is 1.31 bits per heavy atom. The number of hydrogen-bond donors (Lipinski definition) is 1. The van der Waals surface area contributed by atoms with Crippen molar-refractivity contribution in [1.29, 1.82) is 0 Å². The highest BCUT2D eigenvalue weighted by atomic mass is 32.2. The Bertz CT molecular complexity index is 833. The van der Waals surface area contributed by atoms with Gasteiger partial charge in [0, 0.05) is 38.9 Å². The van der Waals surface area contributed by atoms with E-state index in [1.807, 2.05) is 0 Å². The molecule has 12 heteroatoms. The fourth-order valence-corrected chi connectivity index (χ4v) is 4.28. The second-order valence-electron chi connectivity index (χ2n) is 7.39. The van der Waals surface area contributed by atoms with E-state index in [4.69, 9.17) is 4.74 Å². The first-order valence-corrected chi connectivity index (χ1v) is 11.9. The minimum absolute atomic E-state index is 0.0975. The smallest absolute Gasteiger partial charge is 0.410 e. The Morgan fingerprint density at radius 3 is 2.52 bits per heavy atom. The summed E-state index contributed by atoms with van der Waals surface area (Å²) in [5, 5.41) is 3.39. The molecule has 1 saturated heterocycles. The molecule has 1 aromatic rings. The van der Waals surface area contributed by atoms with Crippen LogP contribution >= 0.6 is 11.8 Å². The first-order valence-electron chi connectivity index (χ1n) is 9.11. The molecule has 1 N–H and O–H groups in total. The van der Waals surface area contributed by atoms with E-state index < -0.39 is 21.7 Å². The van der Waals surface area contributed by atoms with Gasteiger partial charge in [0.2, 0.25) is 10.0 Å². The van der Waals surface area contributed by atoms with Crippen LogP contribution in [0.3, 0.4) is 0 Å². The summed E-state index contributed by atoms with van der Waals surface area (Å²) in [5.74, 6) is 0.153. The fourth-order valence-electron chi connectivity index (χ4n) is 2.60. The summed E-state index contributed by atoms with van der Waals surface area (Å²) in [4.78, 5) is 32.9. The molecule has 1 fully saturated rings. The molecule has 162 valence electrons. The van der Waals surface area contributed by atoms with Crippen molar-refractivity contribution < 1.29 is 22.7 Å². The maximum absolute atomic E-state index is 12.6. The van der Waals surface area contributed by atoms with Gasteiger partial charge in [-0.3, -0.25) is 4.79 Å². The molecule has 0 saturated carbocycles. The fraction of sp³-hybridized carbons (Fsp3) is 0.647. The Kier molecular flexibility index (Phi) is 7.83. The van der Waals surface area contributed by atoms with E-state index >= 15 is 0 Å². The van der Waals surface area contributed by atoms with Crippen molar-refractivity contribution in [1.82, 2.24) is 19.2 Å². The maximum atomic E-state index is 12.6. The van der Waals surface area contributed by atoms with Crippen LogP contribution in [0.1, 0.15) is 31.1 Å². The predicted octanol–water partition coefficient (Wildman–Crippen LogP) is 1.31. The highest BCUT2D eigenvalue weighted by molar-refractivity contribution is 7.98. The first-order chi connectivity index (χ1) is 13.6. The molecule has 2 rings (SSSR count). The van der Waals surface area contributed by atoms with E-state index in [0.717, 1.165) is 0 Å². The van der Waals surface area contributed by atoms with Crippen LogP contribution < -0.4 is 5.32 Å². The molecule has 0 radical (unpaired) electrons. The van der Waals surface area contributed by atoms with Gasteiger partial charge in [0.1, 0.15) is 11.4 Å². The van der Waals surface area contributed by atoms with Crippen LogP contribution in [0.4, 0.5) is 10.6 Å². The first kappa shape index (κ1) is 23.4. The minimum Gasteiger partial charge on any atom is -0.444 e. The number of aromatic nitrogens is 2. The molecular weight excluding hydrogens is 418 g/mol. The number of hydrogen-bond acceptors (Lipinski definition) is 9. The minimum atomic E-state index is -3.52. The van der Waals surface area contributed by atoms with Crippen LogP contribution in [0.25, 0.3) is 0 Å². The molecule has 2 heterocycles. The van der Waals surface area contributed by atoms with Gasteiger partial charge in [0.05, 0.1) is 11.3 Å².